The smallest absolute Gasteiger partial charge is 0.0722 e. The van der Waals surface area contributed by atoms with E-state index < -0.39 is 0 Å². The molecule has 14 heavy (non-hydrogen) atoms. The van der Waals surface area contributed by atoms with Crippen molar-refractivity contribution in [3.05, 3.63) is 47.6 Å². The van der Waals surface area contributed by atoms with Gasteiger partial charge >= 0.3 is 0 Å². The number of anilines is 1. The minimum atomic E-state index is 0.641. The van der Waals surface area contributed by atoms with Crippen molar-refractivity contribution in [1.29, 1.82) is 0 Å². The Balaban J connectivity index is 2.53. The van der Waals surface area contributed by atoms with Crippen molar-refractivity contribution >= 4 is 17.3 Å². The second kappa shape index (κ2) is 3.68. The highest BCUT2D eigenvalue weighted by Crippen LogP contribution is 2.26. The van der Waals surface area contributed by atoms with Gasteiger partial charge in [0.05, 0.1) is 5.69 Å². The van der Waals surface area contributed by atoms with Gasteiger partial charge in [0.25, 0.3) is 0 Å². The average molecular weight is 205 g/mol. The summed E-state index contributed by atoms with van der Waals surface area (Å²) >= 11 is 5.80. The van der Waals surface area contributed by atoms with Crippen LogP contribution in [0, 0.1) is 0 Å². The molecule has 0 aliphatic heterocycles. The van der Waals surface area contributed by atoms with Gasteiger partial charge in [-0.1, -0.05) is 17.7 Å². The van der Waals surface area contributed by atoms with Crippen molar-refractivity contribution in [3.63, 3.8) is 0 Å². The molecular formula is C11H9ClN2. The van der Waals surface area contributed by atoms with Crippen LogP contribution < -0.4 is 5.73 Å². The Morgan fingerprint density at radius 2 is 2.00 bits per heavy atom. The van der Waals surface area contributed by atoms with E-state index in [4.69, 9.17) is 17.3 Å². The fourth-order valence-corrected chi connectivity index (χ4v) is 1.47. The van der Waals surface area contributed by atoms with Crippen LogP contribution in [0.15, 0.2) is 42.6 Å². The summed E-state index contributed by atoms with van der Waals surface area (Å²) in [6.45, 7) is 0. The minimum Gasteiger partial charge on any atom is -0.398 e. The molecule has 0 atom stereocenters. The monoisotopic (exact) mass is 204 g/mol. The van der Waals surface area contributed by atoms with Gasteiger partial charge in [-0.2, -0.15) is 0 Å². The number of hydrogen-bond donors (Lipinski definition) is 1. The van der Waals surface area contributed by atoms with Crippen LogP contribution in [0.1, 0.15) is 0 Å². The maximum Gasteiger partial charge on any atom is 0.0722 e. The summed E-state index contributed by atoms with van der Waals surface area (Å²) in [5.41, 5.74) is 8.25. The fourth-order valence-electron chi connectivity index (χ4n) is 1.29. The lowest BCUT2D eigenvalue weighted by atomic mass is 10.1. The molecule has 0 aliphatic carbocycles. The van der Waals surface area contributed by atoms with Crippen LogP contribution in [0.5, 0.6) is 0 Å². The highest BCUT2D eigenvalue weighted by molar-refractivity contribution is 6.31. The van der Waals surface area contributed by atoms with Gasteiger partial charge in [-0.3, -0.25) is 4.98 Å². The van der Waals surface area contributed by atoms with Crippen molar-refractivity contribution in [2.45, 2.75) is 0 Å². The zero-order chi connectivity index (χ0) is 9.97. The standard InChI is InChI=1S/C11H9ClN2/c12-8-4-5-9(10(13)7-8)11-3-1-2-6-14-11/h1-7H,13H2. The molecule has 0 saturated heterocycles. The molecule has 2 rings (SSSR count). The molecule has 3 heteroatoms. The van der Waals surface area contributed by atoms with Crippen LogP contribution in [-0.4, -0.2) is 4.98 Å². The number of nitrogens with two attached hydrogens (primary N) is 1. The van der Waals surface area contributed by atoms with E-state index in [1.165, 1.54) is 0 Å². The SMILES string of the molecule is Nc1cc(Cl)ccc1-c1ccccn1. The predicted octanol–water partition coefficient (Wildman–Crippen LogP) is 2.98. The number of benzene rings is 1. The third-order valence-electron chi connectivity index (χ3n) is 1.95. The van der Waals surface area contributed by atoms with E-state index in [-0.39, 0.29) is 0 Å². The molecule has 0 saturated carbocycles. The Kier molecular flexibility index (Phi) is 2.37. The number of halogens is 1. The first-order valence-corrected chi connectivity index (χ1v) is 4.61. The average Bonchev–Trinajstić information content (AvgIpc) is 2.19. The number of pyridine rings is 1. The number of nitrogen functional groups attached to an aromatic ring is 1. The molecular weight excluding hydrogens is 196 g/mol. The second-order valence-electron chi connectivity index (χ2n) is 2.95. The Morgan fingerprint density at radius 3 is 2.64 bits per heavy atom. The van der Waals surface area contributed by atoms with Crippen LogP contribution in [0.25, 0.3) is 11.3 Å². The van der Waals surface area contributed by atoms with Crippen LogP contribution >= 0.6 is 11.6 Å². The molecule has 0 radical (unpaired) electrons. The second-order valence-corrected chi connectivity index (χ2v) is 3.38. The number of aromatic nitrogens is 1. The molecule has 2 nitrogen and oxygen atoms in total. The molecule has 0 aliphatic rings. The van der Waals surface area contributed by atoms with E-state index in [1.54, 1.807) is 12.3 Å². The molecule has 2 N–H and O–H groups in total. The summed E-state index contributed by atoms with van der Waals surface area (Å²) in [6, 6.07) is 11.1. The molecule has 2 aromatic rings. The van der Waals surface area contributed by atoms with E-state index in [1.807, 2.05) is 30.3 Å². The van der Waals surface area contributed by atoms with Crippen molar-refractivity contribution in [3.8, 4) is 11.3 Å². The van der Waals surface area contributed by atoms with E-state index in [0.717, 1.165) is 11.3 Å². The highest BCUT2D eigenvalue weighted by atomic mass is 35.5. The zero-order valence-electron chi connectivity index (χ0n) is 7.44. The van der Waals surface area contributed by atoms with E-state index in [9.17, 15) is 0 Å². The Morgan fingerprint density at radius 1 is 1.14 bits per heavy atom. The topological polar surface area (TPSA) is 38.9 Å². The first kappa shape index (κ1) is 9.03. The maximum absolute atomic E-state index is 5.83. The summed E-state index contributed by atoms with van der Waals surface area (Å²) in [5.74, 6) is 0. The first-order valence-electron chi connectivity index (χ1n) is 4.24. The maximum atomic E-state index is 5.83. The van der Waals surface area contributed by atoms with Crippen LogP contribution in [0.4, 0.5) is 5.69 Å². The lowest BCUT2D eigenvalue weighted by Gasteiger charge is -2.04. The Labute approximate surface area is 87.4 Å². The molecule has 70 valence electrons. The molecule has 0 unspecified atom stereocenters. The fraction of sp³-hybridized carbons (Fsp3) is 0. The summed E-state index contributed by atoms with van der Waals surface area (Å²) in [7, 11) is 0. The van der Waals surface area contributed by atoms with Gasteiger partial charge in [-0.25, -0.2) is 0 Å². The summed E-state index contributed by atoms with van der Waals surface area (Å²) in [6.07, 6.45) is 1.74. The van der Waals surface area contributed by atoms with Crippen molar-refractivity contribution in [1.82, 2.24) is 4.98 Å². The highest BCUT2D eigenvalue weighted by Gasteiger charge is 2.02. The van der Waals surface area contributed by atoms with Gasteiger partial charge in [0.2, 0.25) is 0 Å². The van der Waals surface area contributed by atoms with Crippen LogP contribution in [0.3, 0.4) is 0 Å². The largest absolute Gasteiger partial charge is 0.398 e. The summed E-state index contributed by atoms with van der Waals surface area (Å²) < 4.78 is 0. The molecule has 0 bridgehead atoms. The van der Waals surface area contributed by atoms with Crippen LogP contribution in [-0.2, 0) is 0 Å². The quantitative estimate of drug-likeness (QED) is 0.726. The summed E-state index contributed by atoms with van der Waals surface area (Å²) in [5, 5.41) is 0.641. The first-order chi connectivity index (χ1) is 6.77. The minimum absolute atomic E-state index is 0.641. The van der Waals surface area contributed by atoms with E-state index in [0.29, 0.717) is 10.7 Å². The van der Waals surface area contributed by atoms with Gasteiger partial charge in [0, 0.05) is 22.5 Å². The number of nitrogens with zero attached hydrogens (tertiary/aromatic N) is 1. The molecule has 1 aromatic heterocycles. The molecule has 0 fully saturated rings. The van der Waals surface area contributed by atoms with Gasteiger partial charge in [0.1, 0.15) is 0 Å². The van der Waals surface area contributed by atoms with Gasteiger partial charge in [-0.15, -0.1) is 0 Å². The van der Waals surface area contributed by atoms with Gasteiger partial charge in [-0.05, 0) is 30.3 Å². The molecule has 0 amide bonds. The molecule has 1 aromatic carbocycles. The van der Waals surface area contributed by atoms with E-state index in [2.05, 4.69) is 4.98 Å². The van der Waals surface area contributed by atoms with Crippen LogP contribution in [0.2, 0.25) is 5.02 Å². The van der Waals surface area contributed by atoms with Crippen molar-refractivity contribution in [2.75, 3.05) is 5.73 Å². The third kappa shape index (κ3) is 1.70. The predicted molar refractivity (Wildman–Crippen MR) is 59.1 cm³/mol. The lowest BCUT2D eigenvalue weighted by Crippen LogP contribution is -1.91. The van der Waals surface area contributed by atoms with Crippen molar-refractivity contribution < 1.29 is 0 Å². The van der Waals surface area contributed by atoms with Gasteiger partial charge in [0.15, 0.2) is 0 Å². The normalized spacial score (nSPS) is 10.1. The number of hydrogen-bond acceptors (Lipinski definition) is 2. The summed E-state index contributed by atoms with van der Waals surface area (Å²) in [4.78, 5) is 4.22. The zero-order valence-corrected chi connectivity index (χ0v) is 8.20. The Bertz CT molecular complexity index is 440. The third-order valence-corrected chi connectivity index (χ3v) is 2.19. The Hall–Kier alpha value is -1.54. The van der Waals surface area contributed by atoms with Crippen molar-refractivity contribution in [2.24, 2.45) is 0 Å². The van der Waals surface area contributed by atoms with E-state index >= 15 is 0 Å². The lowest BCUT2D eigenvalue weighted by molar-refractivity contribution is 1.33. The molecule has 0 spiro atoms. The number of rotatable bonds is 1. The molecule has 1 heterocycles. The van der Waals surface area contributed by atoms with Gasteiger partial charge < -0.3 is 5.73 Å².